The van der Waals surface area contributed by atoms with Gasteiger partial charge in [0.25, 0.3) is 0 Å². The molecule has 0 atom stereocenters. The molecule has 2 heterocycles. The van der Waals surface area contributed by atoms with E-state index in [1.807, 2.05) is 6.07 Å². The van der Waals surface area contributed by atoms with Crippen molar-refractivity contribution in [2.24, 2.45) is 5.41 Å². The van der Waals surface area contributed by atoms with E-state index in [-0.39, 0.29) is 0 Å². The maximum Gasteiger partial charge on any atom is 0.201 e. The molecule has 0 radical (unpaired) electrons. The summed E-state index contributed by atoms with van der Waals surface area (Å²) in [5, 5.41) is 0. The molecule has 15 heavy (non-hydrogen) atoms. The monoisotopic (exact) mass is 202 g/mol. The van der Waals surface area contributed by atoms with E-state index < -0.39 is 0 Å². The predicted molar refractivity (Wildman–Crippen MR) is 59.3 cm³/mol. The van der Waals surface area contributed by atoms with Crippen molar-refractivity contribution in [2.45, 2.75) is 26.3 Å². The molecule has 0 bridgehead atoms. The second-order valence-corrected chi connectivity index (χ2v) is 4.73. The first-order valence-electron chi connectivity index (χ1n) is 5.24. The number of hydrogen-bond acceptors (Lipinski definition) is 3. The Kier molecular flexibility index (Phi) is 1.58. The summed E-state index contributed by atoms with van der Waals surface area (Å²) in [5.74, 6) is 0.603. The first-order valence-corrected chi connectivity index (χ1v) is 5.24. The van der Waals surface area contributed by atoms with Crippen molar-refractivity contribution in [3.8, 4) is 0 Å². The molecular weight excluding hydrogens is 188 g/mol. The van der Waals surface area contributed by atoms with Gasteiger partial charge in [-0.05, 0) is 24.3 Å². The number of nitrogen functional groups attached to an aromatic ring is 1. The third-order valence-electron chi connectivity index (χ3n) is 3.22. The Morgan fingerprint density at radius 3 is 3.07 bits per heavy atom. The maximum absolute atomic E-state index is 5.91. The second kappa shape index (κ2) is 2.72. The molecule has 2 aromatic rings. The van der Waals surface area contributed by atoms with Gasteiger partial charge in [0.2, 0.25) is 5.95 Å². The van der Waals surface area contributed by atoms with Crippen LogP contribution in [0.2, 0.25) is 0 Å². The van der Waals surface area contributed by atoms with Gasteiger partial charge in [-0.1, -0.05) is 6.92 Å². The fourth-order valence-corrected chi connectivity index (χ4v) is 1.92. The van der Waals surface area contributed by atoms with Crippen molar-refractivity contribution in [1.82, 2.24) is 14.5 Å². The lowest BCUT2D eigenvalue weighted by molar-refractivity contribution is 0.476. The molecule has 1 aliphatic carbocycles. The summed E-state index contributed by atoms with van der Waals surface area (Å²) >= 11 is 0. The molecule has 0 unspecified atom stereocenters. The topological polar surface area (TPSA) is 56.7 Å². The van der Waals surface area contributed by atoms with Crippen molar-refractivity contribution in [3.63, 3.8) is 0 Å². The van der Waals surface area contributed by atoms with Gasteiger partial charge in [0.05, 0.1) is 11.7 Å². The van der Waals surface area contributed by atoms with E-state index in [1.165, 1.54) is 12.8 Å². The molecule has 1 aliphatic rings. The van der Waals surface area contributed by atoms with Crippen LogP contribution >= 0.6 is 0 Å². The Labute approximate surface area is 88.1 Å². The third-order valence-corrected chi connectivity index (χ3v) is 3.22. The van der Waals surface area contributed by atoms with Crippen LogP contribution in [0.3, 0.4) is 0 Å². The molecule has 0 saturated heterocycles. The highest BCUT2D eigenvalue weighted by Gasteiger charge is 2.38. The van der Waals surface area contributed by atoms with Gasteiger partial charge in [-0.25, -0.2) is 4.98 Å². The third kappa shape index (κ3) is 1.37. The number of rotatable bonds is 2. The number of fused-ring (bicyclic) bond motifs is 1. The Balaban J connectivity index is 2.11. The summed E-state index contributed by atoms with van der Waals surface area (Å²) in [6.45, 7) is 3.26. The second-order valence-electron chi connectivity index (χ2n) is 4.73. The predicted octanol–water partition coefficient (Wildman–Crippen LogP) is 1.81. The van der Waals surface area contributed by atoms with Crippen LogP contribution in [0.15, 0.2) is 18.5 Å². The number of anilines is 1. The van der Waals surface area contributed by atoms with Gasteiger partial charge in [0.1, 0.15) is 5.52 Å². The quantitative estimate of drug-likeness (QED) is 0.808. The number of nitrogens with two attached hydrogens (primary N) is 1. The Hall–Kier alpha value is -1.58. The SMILES string of the molecule is CC1(Cn2c(N)nc3cnccc32)CC1. The minimum atomic E-state index is 0.436. The van der Waals surface area contributed by atoms with E-state index in [0.717, 1.165) is 17.6 Å². The van der Waals surface area contributed by atoms with Gasteiger partial charge >= 0.3 is 0 Å². The molecule has 3 rings (SSSR count). The van der Waals surface area contributed by atoms with Crippen LogP contribution in [-0.2, 0) is 6.54 Å². The zero-order chi connectivity index (χ0) is 10.5. The summed E-state index contributed by atoms with van der Waals surface area (Å²) in [6, 6.07) is 1.98. The van der Waals surface area contributed by atoms with E-state index >= 15 is 0 Å². The molecule has 0 spiro atoms. The Bertz CT molecular complexity index is 510. The lowest BCUT2D eigenvalue weighted by Crippen LogP contribution is -2.10. The van der Waals surface area contributed by atoms with Crippen molar-refractivity contribution in [2.75, 3.05) is 5.73 Å². The van der Waals surface area contributed by atoms with Gasteiger partial charge in [0.15, 0.2) is 0 Å². The van der Waals surface area contributed by atoms with Gasteiger partial charge in [0, 0.05) is 12.7 Å². The maximum atomic E-state index is 5.91. The number of pyridine rings is 1. The van der Waals surface area contributed by atoms with Crippen LogP contribution in [-0.4, -0.2) is 14.5 Å². The Morgan fingerprint density at radius 2 is 2.33 bits per heavy atom. The highest BCUT2D eigenvalue weighted by Crippen LogP contribution is 2.47. The molecular formula is C11H14N4. The summed E-state index contributed by atoms with van der Waals surface area (Å²) in [5.41, 5.74) is 8.33. The molecule has 4 nitrogen and oxygen atoms in total. The highest BCUT2D eigenvalue weighted by atomic mass is 15.2. The lowest BCUT2D eigenvalue weighted by atomic mass is 10.1. The molecule has 78 valence electrons. The molecule has 2 N–H and O–H groups in total. The fraction of sp³-hybridized carbons (Fsp3) is 0.455. The first-order chi connectivity index (χ1) is 7.18. The number of aromatic nitrogens is 3. The van der Waals surface area contributed by atoms with Crippen LogP contribution in [0.4, 0.5) is 5.95 Å². The van der Waals surface area contributed by atoms with E-state index in [2.05, 4.69) is 21.5 Å². The van der Waals surface area contributed by atoms with Gasteiger partial charge < -0.3 is 10.3 Å². The van der Waals surface area contributed by atoms with Gasteiger partial charge in [-0.3, -0.25) is 4.98 Å². The molecule has 4 heteroatoms. The van der Waals surface area contributed by atoms with Crippen molar-refractivity contribution in [3.05, 3.63) is 18.5 Å². The average Bonchev–Trinajstić information content (AvgIpc) is 2.86. The molecule has 2 aromatic heterocycles. The van der Waals surface area contributed by atoms with Crippen molar-refractivity contribution >= 4 is 17.0 Å². The van der Waals surface area contributed by atoms with Gasteiger partial charge in [-0.15, -0.1) is 0 Å². The van der Waals surface area contributed by atoms with Crippen molar-refractivity contribution in [1.29, 1.82) is 0 Å². The van der Waals surface area contributed by atoms with E-state index in [4.69, 9.17) is 5.73 Å². The lowest BCUT2D eigenvalue weighted by Gasteiger charge is -2.11. The minimum absolute atomic E-state index is 0.436. The smallest absolute Gasteiger partial charge is 0.201 e. The standard InChI is InChI=1S/C11H14N4/c1-11(3-4-11)7-15-9-2-5-13-6-8(9)14-10(15)12/h2,5-6H,3-4,7H2,1H3,(H2,12,14). The largest absolute Gasteiger partial charge is 0.369 e. The van der Waals surface area contributed by atoms with Crippen LogP contribution in [0.5, 0.6) is 0 Å². The van der Waals surface area contributed by atoms with E-state index in [0.29, 0.717) is 11.4 Å². The number of nitrogens with zero attached hydrogens (tertiary/aromatic N) is 3. The van der Waals surface area contributed by atoms with Crippen LogP contribution in [0.1, 0.15) is 19.8 Å². The zero-order valence-corrected chi connectivity index (χ0v) is 8.77. The summed E-state index contributed by atoms with van der Waals surface area (Å²) in [4.78, 5) is 8.35. The van der Waals surface area contributed by atoms with Crippen molar-refractivity contribution < 1.29 is 0 Å². The van der Waals surface area contributed by atoms with Crippen LogP contribution in [0, 0.1) is 5.41 Å². The average molecular weight is 202 g/mol. The number of hydrogen-bond donors (Lipinski definition) is 1. The van der Waals surface area contributed by atoms with Crippen LogP contribution in [0.25, 0.3) is 11.0 Å². The van der Waals surface area contributed by atoms with Crippen LogP contribution < -0.4 is 5.73 Å². The Morgan fingerprint density at radius 1 is 1.53 bits per heavy atom. The van der Waals surface area contributed by atoms with Gasteiger partial charge in [-0.2, -0.15) is 0 Å². The molecule has 0 aromatic carbocycles. The minimum Gasteiger partial charge on any atom is -0.369 e. The van der Waals surface area contributed by atoms with E-state index in [9.17, 15) is 0 Å². The fourth-order valence-electron chi connectivity index (χ4n) is 1.92. The normalized spacial score (nSPS) is 18.2. The highest BCUT2D eigenvalue weighted by molar-refractivity contribution is 5.77. The molecule has 0 amide bonds. The summed E-state index contributed by atoms with van der Waals surface area (Å²) in [7, 11) is 0. The molecule has 0 aliphatic heterocycles. The molecule has 1 fully saturated rings. The number of imidazole rings is 1. The molecule has 1 saturated carbocycles. The summed E-state index contributed by atoms with van der Waals surface area (Å²) in [6.07, 6.45) is 6.13. The van der Waals surface area contributed by atoms with E-state index in [1.54, 1.807) is 12.4 Å². The summed E-state index contributed by atoms with van der Waals surface area (Å²) < 4.78 is 2.10. The first kappa shape index (κ1) is 8.71. The zero-order valence-electron chi connectivity index (χ0n) is 8.77.